The molecule has 0 heteroatoms. The molecule has 0 saturated carbocycles. The standard InChI is InChI=1S/C11H22/c1-6-8-11(9(3)4)10(5)7-2/h6,9-11H,1,7-8H2,2-5H3/t10-,11+/m0/s1. The number of hydrogen-bond acceptors (Lipinski definition) is 0. The molecule has 0 saturated heterocycles. The summed E-state index contributed by atoms with van der Waals surface area (Å²) < 4.78 is 0. The van der Waals surface area contributed by atoms with Gasteiger partial charge in [-0.1, -0.05) is 40.2 Å². The van der Waals surface area contributed by atoms with Crippen LogP contribution in [0.2, 0.25) is 0 Å². The molecule has 0 rings (SSSR count). The van der Waals surface area contributed by atoms with E-state index in [0.717, 1.165) is 17.8 Å². The van der Waals surface area contributed by atoms with Gasteiger partial charge in [0, 0.05) is 0 Å². The Kier molecular flexibility index (Phi) is 5.27. The van der Waals surface area contributed by atoms with Gasteiger partial charge in [0.15, 0.2) is 0 Å². The predicted molar refractivity (Wildman–Crippen MR) is 52.6 cm³/mol. The third-order valence-electron chi connectivity index (χ3n) is 2.67. The van der Waals surface area contributed by atoms with Crippen LogP contribution >= 0.6 is 0 Å². The third-order valence-corrected chi connectivity index (χ3v) is 2.67. The van der Waals surface area contributed by atoms with Crippen LogP contribution in [0.4, 0.5) is 0 Å². The van der Waals surface area contributed by atoms with Crippen molar-refractivity contribution in [1.82, 2.24) is 0 Å². The molecule has 0 aliphatic rings. The largest absolute Gasteiger partial charge is 0.103 e. The van der Waals surface area contributed by atoms with Crippen molar-refractivity contribution in [1.29, 1.82) is 0 Å². The molecule has 0 spiro atoms. The van der Waals surface area contributed by atoms with Crippen molar-refractivity contribution in [3.63, 3.8) is 0 Å². The fraction of sp³-hybridized carbons (Fsp3) is 0.818. The first-order valence-corrected chi connectivity index (χ1v) is 4.74. The molecule has 0 aromatic heterocycles. The summed E-state index contributed by atoms with van der Waals surface area (Å²) in [5.74, 6) is 2.47. The van der Waals surface area contributed by atoms with E-state index >= 15 is 0 Å². The Morgan fingerprint density at radius 2 is 1.82 bits per heavy atom. The van der Waals surface area contributed by atoms with Gasteiger partial charge >= 0.3 is 0 Å². The molecule has 0 amide bonds. The zero-order chi connectivity index (χ0) is 8.85. The minimum atomic E-state index is 0.794. The first-order valence-electron chi connectivity index (χ1n) is 4.74. The summed E-state index contributed by atoms with van der Waals surface area (Å²) in [6.45, 7) is 13.0. The summed E-state index contributed by atoms with van der Waals surface area (Å²) in [5, 5.41) is 0. The van der Waals surface area contributed by atoms with Crippen LogP contribution in [0.15, 0.2) is 12.7 Å². The molecular weight excluding hydrogens is 132 g/mol. The van der Waals surface area contributed by atoms with Gasteiger partial charge in [0.2, 0.25) is 0 Å². The van der Waals surface area contributed by atoms with Gasteiger partial charge in [0.05, 0.1) is 0 Å². The van der Waals surface area contributed by atoms with Crippen LogP contribution in [-0.2, 0) is 0 Å². The van der Waals surface area contributed by atoms with Crippen molar-refractivity contribution in [3.8, 4) is 0 Å². The van der Waals surface area contributed by atoms with Crippen molar-refractivity contribution in [3.05, 3.63) is 12.7 Å². The SMILES string of the molecule is C=CC[C@H](C(C)C)[C@@H](C)CC. The Hall–Kier alpha value is -0.260. The molecule has 0 aliphatic carbocycles. The van der Waals surface area contributed by atoms with Crippen molar-refractivity contribution in [2.24, 2.45) is 17.8 Å². The average Bonchev–Trinajstić information content (AvgIpc) is 1.98. The number of hydrogen-bond donors (Lipinski definition) is 0. The molecule has 0 fully saturated rings. The molecule has 2 atom stereocenters. The second kappa shape index (κ2) is 5.40. The summed E-state index contributed by atoms with van der Waals surface area (Å²) in [5.41, 5.74) is 0. The maximum atomic E-state index is 3.80. The summed E-state index contributed by atoms with van der Waals surface area (Å²) in [7, 11) is 0. The summed E-state index contributed by atoms with van der Waals surface area (Å²) in [6.07, 6.45) is 4.51. The molecular formula is C11H22. The molecule has 0 nitrogen and oxygen atoms in total. The quantitative estimate of drug-likeness (QED) is 0.527. The minimum Gasteiger partial charge on any atom is -0.103 e. The van der Waals surface area contributed by atoms with Crippen LogP contribution in [0.5, 0.6) is 0 Å². The van der Waals surface area contributed by atoms with E-state index in [1.54, 1.807) is 0 Å². The summed E-state index contributed by atoms with van der Waals surface area (Å²) in [6, 6.07) is 0. The van der Waals surface area contributed by atoms with Crippen LogP contribution in [0, 0.1) is 17.8 Å². The Balaban J connectivity index is 3.96. The fourth-order valence-corrected chi connectivity index (χ4v) is 1.66. The van der Waals surface area contributed by atoms with Gasteiger partial charge in [-0.3, -0.25) is 0 Å². The van der Waals surface area contributed by atoms with E-state index in [1.165, 1.54) is 12.8 Å². The van der Waals surface area contributed by atoms with Crippen LogP contribution in [0.3, 0.4) is 0 Å². The van der Waals surface area contributed by atoms with Crippen LogP contribution in [-0.4, -0.2) is 0 Å². The lowest BCUT2D eigenvalue weighted by molar-refractivity contribution is 0.267. The van der Waals surface area contributed by atoms with E-state index in [0.29, 0.717) is 0 Å². The topological polar surface area (TPSA) is 0 Å². The Morgan fingerprint density at radius 3 is 2.09 bits per heavy atom. The van der Waals surface area contributed by atoms with E-state index < -0.39 is 0 Å². The van der Waals surface area contributed by atoms with Gasteiger partial charge in [-0.15, -0.1) is 6.58 Å². The molecule has 0 radical (unpaired) electrons. The summed E-state index contributed by atoms with van der Waals surface area (Å²) in [4.78, 5) is 0. The fourth-order valence-electron chi connectivity index (χ4n) is 1.66. The van der Waals surface area contributed by atoms with E-state index in [2.05, 4.69) is 40.3 Å². The monoisotopic (exact) mass is 154 g/mol. The Bertz CT molecular complexity index is 103. The van der Waals surface area contributed by atoms with Crippen molar-refractivity contribution < 1.29 is 0 Å². The molecule has 0 aromatic rings. The highest BCUT2D eigenvalue weighted by atomic mass is 14.2. The lowest BCUT2D eigenvalue weighted by Gasteiger charge is -2.25. The van der Waals surface area contributed by atoms with Crippen molar-refractivity contribution in [2.75, 3.05) is 0 Å². The third kappa shape index (κ3) is 3.60. The van der Waals surface area contributed by atoms with Gasteiger partial charge in [-0.2, -0.15) is 0 Å². The highest BCUT2D eigenvalue weighted by Gasteiger charge is 2.17. The van der Waals surface area contributed by atoms with Crippen molar-refractivity contribution in [2.45, 2.75) is 40.5 Å². The smallest absolute Gasteiger partial charge is 0.0320 e. The molecule has 11 heavy (non-hydrogen) atoms. The highest BCUT2D eigenvalue weighted by molar-refractivity contribution is 4.78. The Labute approximate surface area is 71.7 Å². The molecule has 0 aliphatic heterocycles. The molecule has 0 heterocycles. The van der Waals surface area contributed by atoms with E-state index in [-0.39, 0.29) is 0 Å². The predicted octanol–water partition coefficient (Wildman–Crippen LogP) is 3.88. The normalized spacial score (nSPS) is 16.5. The first-order chi connectivity index (χ1) is 5.13. The van der Waals surface area contributed by atoms with Crippen molar-refractivity contribution >= 4 is 0 Å². The molecule has 0 aromatic carbocycles. The molecule has 0 bridgehead atoms. The Morgan fingerprint density at radius 1 is 1.27 bits per heavy atom. The van der Waals surface area contributed by atoms with Gasteiger partial charge in [-0.05, 0) is 24.2 Å². The van der Waals surface area contributed by atoms with Crippen LogP contribution < -0.4 is 0 Å². The van der Waals surface area contributed by atoms with Gasteiger partial charge in [0.1, 0.15) is 0 Å². The minimum absolute atomic E-state index is 0.794. The number of rotatable bonds is 5. The van der Waals surface area contributed by atoms with Crippen LogP contribution in [0.25, 0.3) is 0 Å². The maximum absolute atomic E-state index is 3.80. The zero-order valence-corrected chi connectivity index (χ0v) is 8.43. The van der Waals surface area contributed by atoms with E-state index in [9.17, 15) is 0 Å². The summed E-state index contributed by atoms with van der Waals surface area (Å²) >= 11 is 0. The molecule has 0 unspecified atom stereocenters. The maximum Gasteiger partial charge on any atom is -0.0320 e. The molecule has 66 valence electrons. The van der Waals surface area contributed by atoms with E-state index in [1.807, 2.05) is 0 Å². The second-order valence-electron chi connectivity index (χ2n) is 3.82. The lowest BCUT2D eigenvalue weighted by atomic mass is 9.81. The average molecular weight is 154 g/mol. The second-order valence-corrected chi connectivity index (χ2v) is 3.82. The van der Waals surface area contributed by atoms with Gasteiger partial charge in [0.25, 0.3) is 0 Å². The van der Waals surface area contributed by atoms with Crippen LogP contribution in [0.1, 0.15) is 40.5 Å². The number of allylic oxidation sites excluding steroid dienone is 1. The van der Waals surface area contributed by atoms with Gasteiger partial charge < -0.3 is 0 Å². The lowest BCUT2D eigenvalue weighted by Crippen LogP contribution is -2.16. The molecule has 0 N–H and O–H groups in total. The van der Waals surface area contributed by atoms with E-state index in [4.69, 9.17) is 0 Å². The highest BCUT2D eigenvalue weighted by Crippen LogP contribution is 2.26. The zero-order valence-electron chi connectivity index (χ0n) is 8.43. The first kappa shape index (κ1) is 10.7. The van der Waals surface area contributed by atoms with Gasteiger partial charge in [-0.25, -0.2) is 0 Å².